The molecule has 0 spiro atoms. The Hall–Kier alpha value is -1.32. The minimum atomic E-state index is 0.233. The lowest BCUT2D eigenvalue weighted by Crippen LogP contribution is -2.07. The second-order valence-electron chi connectivity index (χ2n) is 5.96. The van der Waals surface area contributed by atoms with Crippen molar-refractivity contribution in [3.63, 3.8) is 0 Å². The van der Waals surface area contributed by atoms with Gasteiger partial charge in [0.25, 0.3) is 0 Å². The van der Waals surface area contributed by atoms with E-state index in [0.29, 0.717) is 6.61 Å². The van der Waals surface area contributed by atoms with E-state index >= 15 is 0 Å². The lowest BCUT2D eigenvalue weighted by molar-refractivity contribution is 0.185. The number of anilines is 1. The van der Waals surface area contributed by atoms with Gasteiger partial charge in [0.2, 0.25) is 0 Å². The highest BCUT2D eigenvalue weighted by Crippen LogP contribution is 2.30. The van der Waals surface area contributed by atoms with E-state index in [0.717, 1.165) is 12.2 Å². The molecule has 108 valence electrons. The SMILES string of the molecule is COCc1ccccc1NCc1ccc(C(C)(C)C)s1. The average molecular weight is 289 g/mol. The van der Waals surface area contributed by atoms with Crippen LogP contribution in [0.2, 0.25) is 0 Å². The first-order chi connectivity index (χ1) is 9.50. The van der Waals surface area contributed by atoms with Crippen LogP contribution < -0.4 is 5.32 Å². The van der Waals surface area contributed by atoms with Crippen LogP contribution in [0.1, 0.15) is 36.1 Å². The van der Waals surface area contributed by atoms with Crippen LogP contribution in [0.15, 0.2) is 36.4 Å². The van der Waals surface area contributed by atoms with Gasteiger partial charge in [-0.1, -0.05) is 39.0 Å². The van der Waals surface area contributed by atoms with E-state index in [9.17, 15) is 0 Å². The molecule has 1 heterocycles. The van der Waals surface area contributed by atoms with Gasteiger partial charge in [-0.05, 0) is 23.6 Å². The quantitative estimate of drug-likeness (QED) is 0.853. The predicted octanol–water partition coefficient (Wildman–Crippen LogP) is 4.80. The van der Waals surface area contributed by atoms with Crippen molar-refractivity contribution in [2.24, 2.45) is 0 Å². The number of rotatable bonds is 5. The summed E-state index contributed by atoms with van der Waals surface area (Å²) >= 11 is 1.88. The van der Waals surface area contributed by atoms with E-state index in [4.69, 9.17) is 4.74 Å². The largest absolute Gasteiger partial charge is 0.380 e. The Morgan fingerprint density at radius 2 is 1.85 bits per heavy atom. The molecule has 2 nitrogen and oxygen atoms in total. The Balaban J connectivity index is 2.04. The molecule has 0 saturated heterocycles. The molecule has 2 rings (SSSR count). The molecule has 0 aliphatic rings. The lowest BCUT2D eigenvalue weighted by Gasteiger charge is -2.15. The Kier molecular flexibility index (Phi) is 4.84. The Labute approximate surface area is 125 Å². The molecule has 0 radical (unpaired) electrons. The topological polar surface area (TPSA) is 21.3 Å². The van der Waals surface area contributed by atoms with Gasteiger partial charge in [-0.2, -0.15) is 0 Å². The summed E-state index contributed by atoms with van der Waals surface area (Å²) in [6.45, 7) is 8.26. The zero-order valence-electron chi connectivity index (χ0n) is 12.7. The molecule has 0 aliphatic carbocycles. The summed E-state index contributed by atoms with van der Waals surface area (Å²) in [5.74, 6) is 0. The number of benzene rings is 1. The van der Waals surface area contributed by atoms with Gasteiger partial charge in [0.1, 0.15) is 0 Å². The third-order valence-electron chi connectivity index (χ3n) is 3.17. The van der Waals surface area contributed by atoms with Crippen molar-refractivity contribution in [1.29, 1.82) is 0 Å². The van der Waals surface area contributed by atoms with Gasteiger partial charge in [-0.3, -0.25) is 0 Å². The molecule has 2 aromatic rings. The van der Waals surface area contributed by atoms with Crippen LogP contribution in [-0.4, -0.2) is 7.11 Å². The smallest absolute Gasteiger partial charge is 0.0733 e. The fraction of sp³-hybridized carbons (Fsp3) is 0.412. The number of hydrogen-bond acceptors (Lipinski definition) is 3. The van der Waals surface area contributed by atoms with Crippen molar-refractivity contribution in [2.45, 2.75) is 39.3 Å². The van der Waals surface area contributed by atoms with Crippen LogP contribution in [0, 0.1) is 0 Å². The molecular weight excluding hydrogens is 266 g/mol. The summed E-state index contributed by atoms with van der Waals surface area (Å²) in [6.07, 6.45) is 0. The van der Waals surface area contributed by atoms with Gasteiger partial charge in [0.05, 0.1) is 6.61 Å². The summed E-state index contributed by atoms with van der Waals surface area (Å²) in [4.78, 5) is 2.79. The number of nitrogens with one attached hydrogen (secondary N) is 1. The number of ether oxygens (including phenoxy) is 1. The molecule has 0 amide bonds. The van der Waals surface area contributed by atoms with E-state index in [2.05, 4.69) is 56.4 Å². The summed E-state index contributed by atoms with van der Waals surface area (Å²) in [5, 5.41) is 3.51. The molecule has 0 bridgehead atoms. The molecule has 20 heavy (non-hydrogen) atoms. The maximum atomic E-state index is 5.23. The van der Waals surface area contributed by atoms with Gasteiger partial charge in [-0.15, -0.1) is 11.3 Å². The minimum Gasteiger partial charge on any atom is -0.380 e. The van der Waals surface area contributed by atoms with Gasteiger partial charge in [0, 0.05) is 34.7 Å². The average Bonchev–Trinajstić information content (AvgIpc) is 2.87. The molecule has 0 aliphatic heterocycles. The van der Waals surface area contributed by atoms with E-state index < -0.39 is 0 Å². The number of hydrogen-bond donors (Lipinski definition) is 1. The monoisotopic (exact) mass is 289 g/mol. The maximum absolute atomic E-state index is 5.23. The van der Waals surface area contributed by atoms with Crippen molar-refractivity contribution in [3.05, 3.63) is 51.7 Å². The minimum absolute atomic E-state index is 0.233. The fourth-order valence-electron chi connectivity index (χ4n) is 2.03. The van der Waals surface area contributed by atoms with Crippen LogP contribution in [-0.2, 0) is 23.3 Å². The normalized spacial score (nSPS) is 11.6. The van der Waals surface area contributed by atoms with E-state index in [-0.39, 0.29) is 5.41 Å². The van der Waals surface area contributed by atoms with Gasteiger partial charge >= 0.3 is 0 Å². The van der Waals surface area contributed by atoms with E-state index in [1.54, 1.807) is 7.11 Å². The highest BCUT2D eigenvalue weighted by molar-refractivity contribution is 7.12. The van der Waals surface area contributed by atoms with Crippen molar-refractivity contribution in [2.75, 3.05) is 12.4 Å². The Bertz CT molecular complexity index is 554. The molecule has 0 unspecified atom stereocenters. The second-order valence-corrected chi connectivity index (χ2v) is 7.13. The van der Waals surface area contributed by atoms with Gasteiger partial charge in [-0.25, -0.2) is 0 Å². The maximum Gasteiger partial charge on any atom is 0.0733 e. The number of methoxy groups -OCH3 is 1. The third kappa shape index (κ3) is 3.84. The predicted molar refractivity (Wildman–Crippen MR) is 87.5 cm³/mol. The van der Waals surface area contributed by atoms with Crippen molar-refractivity contribution in [1.82, 2.24) is 0 Å². The fourth-order valence-corrected chi connectivity index (χ4v) is 3.04. The molecule has 0 fully saturated rings. The van der Waals surface area contributed by atoms with Crippen LogP contribution in [0.3, 0.4) is 0 Å². The van der Waals surface area contributed by atoms with E-state index in [1.165, 1.54) is 15.3 Å². The van der Waals surface area contributed by atoms with Crippen molar-refractivity contribution in [3.8, 4) is 0 Å². The molecule has 1 aromatic heterocycles. The summed E-state index contributed by atoms with van der Waals surface area (Å²) < 4.78 is 5.23. The van der Waals surface area contributed by atoms with Crippen LogP contribution in [0.4, 0.5) is 5.69 Å². The summed E-state index contributed by atoms with van der Waals surface area (Å²) in [5.41, 5.74) is 2.58. The van der Waals surface area contributed by atoms with Crippen LogP contribution in [0.25, 0.3) is 0 Å². The van der Waals surface area contributed by atoms with E-state index in [1.807, 2.05) is 17.4 Å². The number of para-hydroxylation sites is 1. The zero-order chi connectivity index (χ0) is 14.6. The molecule has 1 N–H and O–H groups in total. The zero-order valence-corrected chi connectivity index (χ0v) is 13.5. The van der Waals surface area contributed by atoms with Crippen molar-refractivity contribution < 1.29 is 4.74 Å². The first-order valence-electron chi connectivity index (χ1n) is 6.90. The first kappa shape index (κ1) is 15.1. The molecular formula is C17H23NOS. The highest BCUT2D eigenvalue weighted by Gasteiger charge is 2.15. The summed E-state index contributed by atoms with van der Waals surface area (Å²) in [6, 6.07) is 12.8. The second kappa shape index (κ2) is 6.42. The first-order valence-corrected chi connectivity index (χ1v) is 7.72. The van der Waals surface area contributed by atoms with Crippen LogP contribution in [0.5, 0.6) is 0 Å². The Morgan fingerprint density at radius 3 is 2.50 bits per heavy atom. The molecule has 0 saturated carbocycles. The summed E-state index contributed by atoms with van der Waals surface area (Å²) in [7, 11) is 1.73. The number of thiophene rings is 1. The van der Waals surface area contributed by atoms with Crippen LogP contribution >= 0.6 is 11.3 Å². The lowest BCUT2D eigenvalue weighted by atomic mass is 9.95. The highest BCUT2D eigenvalue weighted by atomic mass is 32.1. The van der Waals surface area contributed by atoms with Gasteiger partial charge in [0.15, 0.2) is 0 Å². The van der Waals surface area contributed by atoms with Crippen molar-refractivity contribution >= 4 is 17.0 Å². The standard InChI is InChI=1S/C17H23NOS/c1-17(2,3)16-10-9-14(20-16)11-18-15-8-6-5-7-13(15)12-19-4/h5-10,18H,11-12H2,1-4H3. The molecule has 3 heteroatoms. The van der Waals surface area contributed by atoms with Gasteiger partial charge < -0.3 is 10.1 Å². The molecule has 0 atom stereocenters. The molecule has 1 aromatic carbocycles. The Morgan fingerprint density at radius 1 is 1.10 bits per heavy atom. The third-order valence-corrected chi connectivity index (χ3v) is 4.68.